The van der Waals surface area contributed by atoms with Crippen molar-refractivity contribution in [1.82, 2.24) is 0 Å². The van der Waals surface area contributed by atoms with Crippen molar-refractivity contribution >= 4 is 43.9 Å². The predicted octanol–water partition coefficient (Wildman–Crippen LogP) is 4.60. The maximum atomic E-state index is 6.99. The van der Waals surface area contributed by atoms with E-state index in [0.29, 0.717) is 5.69 Å². The Morgan fingerprint density at radius 3 is 2.00 bits per heavy atom. The molecule has 0 heterocycles. The molecule has 1 rings (SSSR count). The van der Waals surface area contributed by atoms with Crippen LogP contribution in [0.25, 0.3) is 0 Å². The van der Waals surface area contributed by atoms with E-state index in [1.165, 1.54) is 0 Å². The van der Waals surface area contributed by atoms with E-state index in [1.54, 1.807) is 12.1 Å². The lowest BCUT2D eigenvalue weighted by atomic mass is 10.3. The van der Waals surface area contributed by atoms with Gasteiger partial charge in [0, 0.05) is 8.95 Å². The first-order chi connectivity index (χ1) is 7.17. The van der Waals surface area contributed by atoms with Gasteiger partial charge >= 0.3 is 0 Å². The quantitative estimate of drug-likeness (QED) is 0.360. The molecule has 0 saturated heterocycles. The molecule has 0 amide bonds. The summed E-state index contributed by atoms with van der Waals surface area (Å²) in [5.41, 5.74) is 7.47. The van der Waals surface area contributed by atoms with Crippen LogP contribution in [0.3, 0.4) is 0 Å². The standard InChI is InChI=1S/C7H6Br2N4.C2H6/c8-5-1-6(9)3-7(2-5)13(4-10)12-11;1-2/h1-4,10-11H;1-2H3. The van der Waals surface area contributed by atoms with Crippen molar-refractivity contribution in [2.45, 2.75) is 13.8 Å². The van der Waals surface area contributed by atoms with Crippen LogP contribution >= 0.6 is 31.9 Å². The fourth-order valence-corrected chi connectivity index (χ4v) is 2.10. The van der Waals surface area contributed by atoms with Crippen LogP contribution in [-0.2, 0) is 0 Å². The maximum Gasteiger partial charge on any atom is 0.110 e. The highest BCUT2D eigenvalue weighted by Crippen LogP contribution is 2.25. The molecule has 6 heteroatoms. The smallest absolute Gasteiger partial charge is 0.110 e. The van der Waals surface area contributed by atoms with Gasteiger partial charge in [-0.15, -0.1) is 0 Å². The molecule has 0 aliphatic rings. The van der Waals surface area contributed by atoms with Crippen molar-refractivity contribution < 1.29 is 0 Å². The van der Waals surface area contributed by atoms with Crippen LogP contribution in [0.1, 0.15) is 13.8 Å². The van der Waals surface area contributed by atoms with Crippen molar-refractivity contribution in [2.75, 3.05) is 5.01 Å². The lowest BCUT2D eigenvalue weighted by Gasteiger charge is -2.10. The molecule has 0 radical (unpaired) electrons. The second kappa shape index (κ2) is 7.53. The highest BCUT2D eigenvalue weighted by molar-refractivity contribution is 9.11. The molecular weight excluding hydrogens is 324 g/mol. The molecule has 15 heavy (non-hydrogen) atoms. The summed E-state index contributed by atoms with van der Waals surface area (Å²) in [5, 5.41) is 11.3. The van der Waals surface area contributed by atoms with Crippen molar-refractivity contribution in [3.63, 3.8) is 0 Å². The summed E-state index contributed by atoms with van der Waals surface area (Å²) in [6, 6.07) is 5.41. The minimum Gasteiger partial charge on any atom is -0.289 e. The predicted molar refractivity (Wildman–Crippen MR) is 69.6 cm³/mol. The van der Waals surface area contributed by atoms with Gasteiger partial charge in [0.15, 0.2) is 0 Å². The van der Waals surface area contributed by atoms with Gasteiger partial charge in [-0.05, 0) is 18.2 Å². The van der Waals surface area contributed by atoms with Gasteiger partial charge in [0.25, 0.3) is 0 Å². The van der Waals surface area contributed by atoms with E-state index in [9.17, 15) is 0 Å². The zero-order chi connectivity index (χ0) is 11.8. The number of anilines is 1. The molecule has 0 bridgehead atoms. The Kier molecular flexibility index (Phi) is 7.15. The van der Waals surface area contributed by atoms with Crippen LogP contribution in [0.5, 0.6) is 0 Å². The Morgan fingerprint density at radius 2 is 1.67 bits per heavy atom. The minimum absolute atomic E-state index is 0.659. The van der Waals surface area contributed by atoms with Crippen molar-refractivity contribution in [2.24, 2.45) is 5.22 Å². The first-order valence-electron chi connectivity index (χ1n) is 4.30. The number of halogens is 2. The van der Waals surface area contributed by atoms with Crippen molar-refractivity contribution in [3.05, 3.63) is 27.1 Å². The fraction of sp³-hybridized carbons (Fsp3) is 0.222. The zero-order valence-corrected chi connectivity index (χ0v) is 11.6. The Bertz CT molecular complexity index is 313. The van der Waals surface area contributed by atoms with E-state index in [0.717, 1.165) is 20.3 Å². The summed E-state index contributed by atoms with van der Waals surface area (Å²) in [7, 11) is 0. The summed E-state index contributed by atoms with van der Waals surface area (Å²) in [6.45, 7) is 4.00. The molecule has 1 aromatic rings. The average molecular weight is 336 g/mol. The minimum atomic E-state index is 0.659. The van der Waals surface area contributed by atoms with Crippen molar-refractivity contribution in [3.8, 4) is 0 Å². The third-order valence-electron chi connectivity index (χ3n) is 1.34. The molecule has 0 fully saturated rings. The normalized spacial score (nSPS) is 8.53. The van der Waals surface area contributed by atoms with Gasteiger partial charge < -0.3 is 0 Å². The van der Waals surface area contributed by atoms with Gasteiger partial charge in [-0.2, -0.15) is 5.53 Å². The SMILES string of the molecule is CC.N=CN(N=N)c1cc(Br)cc(Br)c1. The molecule has 0 aliphatic heterocycles. The Hall–Kier alpha value is -0.750. The van der Waals surface area contributed by atoms with E-state index in [4.69, 9.17) is 10.9 Å². The van der Waals surface area contributed by atoms with Crippen LogP contribution < -0.4 is 5.01 Å². The van der Waals surface area contributed by atoms with Gasteiger partial charge in [-0.25, -0.2) is 5.01 Å². The third kappa shape index (κ3) is 4.53. The first kappa shape index (κ1) is 14.2. The molecule has 0 unspecified atom stereocenters. The molecule has 2 N–H and O–H groups in total. The highest BCUT2D eigenvalue weighted by Gasteiger charge is 2.03. The van der Waals surface area contributed by atoms with Crippen LogP contribution in [0.4, 0.5) is 5.69 Å². The van der Waals surface area contributed by atoms with Crippen LogP contribution in [0, 0.1) is 10.9 Å². The number of nitrogens with one attached hydrogen (secondary N) is 2. The molecule has 4 nitrogen and oxygen atoms in total. The topological polar surface area (TPSA) is 63.3 Å². The summed E-state index contributed by atoms with van der Waals surface area (Å²) in [6.07, 6.45) is 0.973. The van der Waals surface area contributed by atoms with Gasteiger partial charge in [0.1, 0.15) is 6.34 Å². The molecule has 82 valence electrons. The average Bonchev–Trinajstić information content (AvgIpc) is 2.21. The molecule has 0 aromatic heterocycles. The number of rotatable bonds is 3. The van der Waals surface area contributed by atoms with Gasteiger partial charge in [-0.1, -0.05) is 50.9 Å². The lowest BCUT2D eigenvalue weighted by Crippen LogP contribution is -2.10. The van der Waals surface area contributed by atoms with E-state index < -0.39 is 0 Å². The van der Waals surface area contributed by atoms with Gasteiger partial charge in [0.05, 0.1) is 5.69 Å². The van der Waals surface area contributed by atoms with Crippen LogP contribution in [0.15, 0.2) is 32.4 Å². The van der Waals surface area contributed by atoms with Crippen molar-refractivity contribution in [1.29, 1.82) is 10.9 Å². The summed E-state index contributed by atoms with van der Waals surface area (Å²) < 4.78 is 1.74. The highest BCUT2D eigenvalue weighted by atomic mass is 79.9. The summed E-state index contributed by atoms with van der Waals surface area (Å²) in [4.78, 5) is 0. The number of hydrogen-bond acceptors (Lipinski definition) is 3. The number of benzene rings is 1. The second-order valence-corrected chi connectivity index (χ2v) is 4.03. The Balaban J connectivity index is 0.000000921. The largest absolute Gasteiger partial charge is 0.289 e. The van der Waals surface area contributed by atoms with Gasteiger partial charge in [0.2, 0.25) is 0 Å². The van der Waals surface area contributed by atoms with E-state index in [2.05, 4.69) is 37.1 Å². The molecule has 0 spiro atoms. The van der Waals surface area contributed by atoms with E-state index in [-0.39, 0.29) is 0 Å². The summed E-state index contributed by atoms with van der Waals surface area (Å²) in [5.74, 6) is 0. The third-order valence-corrected chi connectivity index (χ3v) is 2.26. The summed E-state index contributed by atoms with van der Waals surface area (Å²) >= 11 is 6.61. The molecule has 1 aromatic carbocycles. The Labute approximate surface area is 106 Å². The number of nitrogens with zero attached hydrogens (tertiary/aromatic N) is 2. The maximum absolute atomic E-state index is 6.99. The van der Waals surface area contributed by atoms with E-state index in [1.807, 2.05) is 19.9 Å². The first-order valence-corrected chi connectivity index (χ1v) is 5.89. The van der Waals surface area contributed by atoms with Gasteiger partial charge in [-0.3, -0.25) is 5.41 Å². The number of hydrogen-bond donors (Lipinski definition) is 2. The molecular formula is C9H12Br2N4. The lowest BCUT2D eigenvalue weighted by molar-refractivity contribution is 0.952. The van der Waals surface area contributed by atoms with Crippen LogP contribution in [-0.4, -0.2) is 6.34 Å². The molecule has 0 saturated carbocycles. The Morgan fingerprint density at radius 1 is 1.20 bits per heavy atom. The molecule has 0 atom stereocenters. The second-order valence-electron chi connectivity index (χ2n) is 2.20. The van der Waals surface area contributed by atoms with Crippen LogP contribution in [0.2, 0.25) is 0 Å². The fourth-order valence-electron chi connectivity index (χ4n) is 0.833. The zero-order valence-electron chi connectivity index (χ0n) is 8.46. The molecule has 0 aliphatic carbocycles. The monoisotopic (exact) mass is 334 g/mol. The van der Waals surface area contributed by atoms with E-state index >= 15 is 0 Å².